The van der Waals surface area contributed by atoms with Gasteiger partial charge >= 0.3 is 6.03 Å². The van der Waals surface area contributed by atoms with Crippen molar-refractivity contribution in [3.05, 3.63) is 48.4 Å². The van der Waals surface area contributed by atoms with Gasteiger partial charge in [-0.25, -0.2) is 4.79 Å². The van der Waals surface area contributed by atoms with Crippen molar-refractivity contribution >= 4 is 11.7 Å². The molecule has 26 heavy (non-hydrogen) atoms. The number of urea groups is 1. The Morgan fingerprint density at radius 2 is 2.15 bits per heavy atom. The summed E-state index contributed by atoms with van der Waals surface area (Å²) in [5.41, 5.74) is 0.747. The minimum atomic E-state index is -0.0842. The van der Waals surface area contributed by atoms with Crippen LogP contribution in [0.2, 0.25) is 0 Å². The van der Waals surface area contributed by atoms with Crippen molar-refractivity contribution in [2.24, 2.45) is 0 Å². The van der Waals surface area contributed by atoms with E-state index in [1.54, 1.807) is 6.26 Å². The van der Waals surface area contributed by atoms with Gasteiger partial charge in [0.1, 0.15) is 18.1 Å². The average molecular weight is 358 g/mol. The first-order chi connectivity index (χ1) is 12.7. The Morgan fingerprint density at radius 3 is 2.88 bits per heavy atom. The standard InChI is InChI=1S/C20H26N2O4/c1-2-12-24-18-5-3-11-22(14-18)20(23)21-16-7-9-17(10-8-16)26-15-19-6-4-13-25-19/h4,6-10,13,18H,2-3,5,11-12,14-15H2,1H3,(H,21,23)/t18-/m1/s1. The number of hydrogen-bond donors (Lipinski definition) is 1. The van der Waals surface area contributed by atoms with Crippen molar-refractivity contribution < 1.29 is 18.7 Å². The van der Waals surface area contributed by atoms with E-state index in [1.165, 1.54) is 0 Å². The van der Waals surface area contributed by atoms with Crippen molar-refractivity contribution in [1.82, 2.24) is 4.90 Å². The highest BCUT2D eigenvalue weighted by molar-refractivity contribution is 5.89. The molecule has 0 bridgehead atoms. The topological polar surface area (TPSA) is 63.9 Å². The highest BCUT2D eigenvalue weighted by atomic mass is 16.5. The number of benzene rings is 1. The molecule has 0 unspecified atom stereocenters. The van der Waals surface area contributed by atoms with Crippen LogP contribution in [0.1, 0.15) is 31.9 Å². The average Bonchev–Trinajstić information content (AvgIpc) is 3.19. The predicted octanol–water partition coefficient (Wildman–Crippen LogP) is 4.28. The molecule has 0 radical (unpaired) electrons. The molecule has 0 aliphatic carbocycles. The molecular weight excluding hydrogens is 332 g/mol. The molecule has 1 N–H and O–H groups in total. The maximum Gasteiger partial charge on any atom is 0.321 e. The summed E-state index contributed by atoms with van der Waals surface area (Å²) in [6.07, 6.45) is 4.76. The van der Waals surface area contributed by atoms with Crippen LogP contribution in [0.15, 0.2) is 47.1 Å². The molecule has 1 aromatic heterocycles. The lowest BCUT2D eigenvalue weighted by Gasteiger charge is -2.32. The SMILES string of the molecule is CCCO[C@@H]1CCCN(C(=O)Nc2ccc(OCc3ccco3)cc2)C1. The van der Waals surface area contributed by atoms with Gasteiger partial charge in [-0.15, -0.1) is 0 Å². The maximum atomic E-state index is 12.5. The number of rotatable bonds is 7. The number of likely N-dealkylation sites (tertiary alicyclic amines) is 1. The minimum absolute atomic E-state index is 0.0842. The third-order valence-electron chi connectivity index (χ3n) is 4.29. The second-order valence-corrected chi connectivity index (χ2v) is 6.40. The van der Waals surface area contributed by atoms with Gasteiger partial charge in [0.25, 0.3) is 0 Å². The van der Waals surface area contributed by atoms with Gasteiger partial charge in [-0.05, 0) is 55.7 Å². The first-order valence-corrected chi connectivity index (χ1v) is 9.17. The molecular formula is C20H26N2O4. The van der Waals surface area contributed by atoms with E-state index in [2.05, 4.69) is 12.2 Å². The number of carbonyl (C=O) groups excluding carboxylic acids is 1. The number of furan rings is 1. The Hall–Kier alpha value is -2.47. The van der Waals surface area contributed by atoms with E-state index < -0.39 is 0 Å². The van der Waals surface area contributed by atoms with E-state index in [1.807, 2.05) is 41.3 Å². The molecule has 2 aromatic rings. The van der Waals surface area contributed by atoms with Crippen LogP contribution in [-0.2, 0) is 11.3 Å². The number of carbonyl (C=O) groups is 1. The van der Waals surface area contributed by atoms with Crippen molar-refractivity contribution in [3.63, 3.8) is 0 Å². The number of hydrogen-bond acceptors (Lipinski definition) is 4. The molecule has 6 nitrogen and oxygen atoms in total. The van der Waals surface area contributed by atoms with Gasteiger partial charge in [0, 0.05) is 25.4 Å². The van der Waals surface area contributed by atoms with Gasteiger partial charge in [0.15, 0.2) is 0 Å². The minimum Gasteiger partial charge on any atom is -0.486 e. The van der Waals surface area contributed by atoms with Crippen LogP contribution in [0, 0.1) is 0 Å². The van der Waals surface area contributed by atoms with Crippen molar-refractivity contribution in [3.8, 4) is 5.75 Å². The van der Waals surface area contributed by atoms with Gasteiger partial charge < -0.3 is 24.1 Å². The summed E-state index contributed by atoms with van der Waals surface area (Å²) < 4.78 is 16.7. The second kappa shape index (κ2) is 9.29. The summed E-state index contributed by atoms with van der Waals surface area (Å²) in [4.78, 5) is 14.3. The summed E-state index contributed by atoms with van der Waals surface area (Å²) >= 11 is 0. The molecule has 2 heterocycles. The third-order valence-corrected chi connectivity index (χ3v) is 4.29. The Bertz CT molecular complexity index is 670. The summed E-state index contributed by atoms with van der Waals surface area (Å²) in [5.74, 6) is 1.50. The smallest absolute Gasteiger partial charge is 0.321 e. The van der Waals surface area contributed by atoms with Crippen LogP contribution in [0.25, 0.3) is 0 Å². The number of ether oxygens (including phenoxy) is 2. The van der Waals surface area contributed by atoms with Gasteiger partial charge in [0.2, 0.25) is 0 Å². The maximum absolute atomic E-state index is 12.5. The zero-order valence-corrected chi connectivity index (χ0v) is 15.1. The van der Waals surface area contributed by atoms with Gasteiger partial charge in [-0.1, -0.05) is 6.92 Å². The fourth-order valence-electron chi connectivity index (χ4n) is 2.93. The van der Waals surface area contributed by atoms with E-state index in [0.717, 1.165) is 49.6 Å². The Morgan fingerprint density at radius 1 is 1.31 bits per heavy atom. The molecule has 1 aromatic carbocycles. The van der Waals surface area contributed by atoms with E-state index in [4.69, 9.17) is 13.9 Å². The Labute approximate surface area is 154 Å². The second-order valence-electron chi connectivity index (χ2n) is 6.40. The van der Waals surface area contributed by atoms with Crippen LogP contribution in [0.4, 0.5) is 10.5 Å². The normalized spacial score (nSPS) is 17.1. The number of anilines is 1. The first kappa shape index (κ1) is 18.3. The van der Waals surface area contributed by atoms with Gasteiger partial charge in [-0.3, -0.25) is 0 Å². The fraction of sp³-hybridized carbons (Fsp3) is 0.450. The van der Waals surface area contributed by atoms with E-state index in [-0.39, 0.29) is 12.1 Å². The van der Waals surface area contributed by atoms with Gasteiger partial charge in [-0.2, -0.15) is 0 Å². The summed E-state index contributed by atoms with van der Waals surface area (Å²) in [6, 6.07) is 11.0. The molecule has 0 spiro atoms. The molecule has 1 atom stereocenters. The van der Waals surface area contributed by atoms with E-state index >= 15 is 0 Å². The predicted molar refractivity (Wildman–Crippen MR) is 99.3 cm³/mol. The lowest BCUT2D eigenvalue weighted by Crippen LogP contribution is -2.45. The monoisotopic (exact) mass is 358 g/mol. The molecule has 0 saturated carbocycles. The Kier molecular flexibility index (Phi) is 6.55. The van der Waals surface area contributed by atoms with Crippen LogP contribution >= 0.6 is 0 Å². The molecule has 1 aliphatic rings. The molecule has 1 saturated heterocycles. The third kappa shape index (κ3) is 5.26. The van der Waals surface area contributed by atoms with Crippen molar-refractivity contribution in [2.75, 3.05) is 25.0 Å². The molecule has 2 amide bonds. The number of nitrogens with one attached hydrogen (secondary N) is 1. The Balaban J connectivity index is 1.47. The van der Waals surface area contributed by atoms with Crippen LogP contribution in [0.3, 0.4) is 0 Å². The van der Waals surface area contributed by atoms with Crippen molar-refractivity contribution in [1.29, 1.82) is 0 Å². The summed E-state index contributed by atoms with van der Waals surface area (Å²) in [5, 5.41) is 2.94. The summed E-state index contributed by atoms with van der Waals surface area (Å²) in [6.45, 7) is 4.64. The number of amides is 2. The quantitative estimate of drug-likeness (QED) is 0.802. The van der Waals surface area contributed by atoms with Crippen molar-refractivity contribution in [2.45, 2.75) is 38.9 Å². The lowest BCUT2D eigenvalue weighted by atomic mass is 10.1. The molecule has 1 aliphatic heterocycles. The highest BCUT2D eigenvalue weighted by Crippen LogP contribution is 2.19. The summed E-state index contributed by atoms with van der Waals surface area (Å²) in [7, 11) is 0. The van der Waals surface area contributed by atoms with Crippen LogP contribution in [0.5, 0.6) is 5.75 Å². The van der Waals surface area contributed by atoms with E-state index in [9.17, 15) is 4.79 Å². The van der Waals surface area contributed by atoms with E-state index in [0.29, 0.717) is 13.2 Å². The number of piperidine rings is 1. The molecule has 140 valence electrons. The van der Waals surface area contributed by atoms with Gasteiger partial charge in [0.05, 0.1) is 12.4 Å². The first-order valence-electron chi connectivity index (χ1n) is 9.17. The van der Waals surface area contributed by atoms with Crippen LogP contribution in [-0.4, -0.2) is 36.7 Å². The fourth-order valence-corrected chi connectivity index (χ4v) is 2.93. The zero-order chi connectivity index (χ0) is 18.2. The molecule has 6 heteroatoms. The van der Waals surface area contributed by atoms with Crippen LogP contribution < -0.4 is 10.1 Å². The zero-order valence-electron chi connectivity index (χ0n) is 15.1. The highest BCUT2D eigenvalue weighted by Gasteiger charge is 2.24. The number of nitrogens with zero attached hydrogens (tertiary/aromatic N) is 1. The molecule has 3 rings (SSSR count). The largest absolute Gasteiger partial charge is 0.486 e. The lowest BCUT2D eigenvalue weighted by molar-refractivity contribution is 0.0115. The molecule has 1 fully saturated rings.